The van der Waals surface area contributed by atoms with Crippen LogP contribution in [0.3, 0.4) is 0 Å². The third-order valence-electron chi connectivity index (χ3n) is 5.66. The van der Waals surface area contributed by atoms with E-state index < -0.39 is 0 Å². The Morgan fingerprint density at radius 1 is 1.00 bits per heavy atom. The maximum atomic E-state index is 12.8. The fourth-order valence-electron chi connectivity index (χ4n) is 3.81. The molecule has 8 nitrogen and oxygen atoms in total. The number of hydrogen-bond donors (Lipinski definition) is 0. The summed E-state index contributed by atoms with van der Waals surface area (Å²) in [6.45, 7) is 4.38. The van der Waals surface area contributed by atoms with E-state index in [0.717, 1.165) is 22.7 Å². The molecule has 1 saturated heterocycles. The third kappa shape index (κ3) is 5.28. The van der Waals surface area contributed by atoms with Crippen molar-refractivity contribution < 1.29 is 23.7 Å². The second-order valence-corrected chi connectivity index (χ2v) is 7.75. The van der Waals surface area contributed by atoms with Crippen LogP contribution in [-0.2, 0) is 16.0 Å². The summed E-state index contributed by atoms with van der Waals surface area (Å²) in [6.07, 6.45) is 0.904. The van der Waals surface area contributed by atoms with Crippen LogP contribution in [-0.4, -0.2) is 61.1 Å². The molecule has 2 heterocycles. The topological polar surface area (TPSA) is 75.1 Å². The molecule has 33 heavy (non-hydrogen) atoms. The number of aryl methyl sites for hydroxylation is 1. The molecule has 0 bridgehead atoms. The Hall–Kier alpha value is -3.52. The van der Waals surface area contributed by atoms with Crippen molar-refractivity contribution in [1.29, 1.82) is 0 Å². The molecular formula is C25H29N3O5. The van der Waals surface area contributed by atoms with Gasteiger partial charge in [-0.25, -0.2) is 4.68 Å². The molecule has 1 aliphatic heterocycles. The quantitative estimate of drug-likeness (QED) is 0.519. The van der Waals surface area contributed by atoms with E-state index in [2.05, 4.69) is 0 Å². The van der Waals surface area contributed by atoms with Gasteiger partial charge in [-0.05, 0) is 49.7 Å². The van der Waals surface area contributed by atoms with Crippen molar-refractivity contribution in [1.82, 2.24) is 14.7 Å². The average molecular weight is 452 g/mol. The van der Waals surface area contributed by atoms with E-state index in [1.165, 1.54) is 0 Å². The standard InChI is InChI=1S/C25H29N3O5/c1-18-23(11-12-24(29)27-13-15-32-16-14-27)25(33-22-6-4-5-21(17-22)31-3)28(26-18)19-7-9-20(30-2)10-8-19/h4-10,17H,11-16H2,1-3H3. The van der Waals surface area contributed by atoms with Crippen LogP contribution in [0.15, 0.2) is 48.5 Å². The molecule has 0 aliphatic carbocycles. The first-order chi connectivity index (χ1) is 16.1. The smallest absolute Gasteiger partial charge is 0.226 e. The van der Waals surface area contributed by atoms with Gasteiger partial charge in [0.1, 0.15) is 17.2 Å². The zero-order valence-electron chi connectivity index (χ0n) is 19.2. The zero-order chi connectivity index (χ0) is 23.2. The van der Waals surface area contributed by atoms with Gasteiger partial charge in [-0.3, -0.25) is 4.79 Å². The molecule has 0 radical (unpaired) electrons. The van der Waals surface area contributed by atoms with Gasteiger partial charge in [-0.2, -0.15) is 5.10 Å². The van der Waals surface area contributed by atoms with E-state index in [1.807, 2.05) is 60.4 Å². The number of rotatable bonds is 8. The maximum Gasteiger partial charge on any atom is 0.226 e. The molecule has 1 aromatic heterocycles. The molecular weight excluding hydrogens is 422 g/mol. The Balaban J connectivity index is 1.65. The van der Waals surface area contributed by atoms with Crippen molar-refractivity contribution in [3.63, 3.8) is 0 Å². The fourth-order valence-corrected chi connectivity index (χ4v) is 3.81. The number of amides is 1. The molecule has 0 atom stereocenters. The molecule has 0 saturated carbocycles. The highest BCUT2D eigenvalue weighted by Crippen LogP contribution is 2.33. The van der Waals surface area contributed by atoms with Crippen molar-refractivity contribution in [3.05, 3.63) is 59.8 Å². The van der Waals surface area contributed by atoms with Gasteiger partial charge in [0, 0.05) is 31.1 Å². The maximum absolute atomic E-state index is 12.8. The first kappa shape index (κ1) is 22.7. The van der Waals surface area contributed by atoms with Crippen molar-refractivity contribution >= 4 is 5.91 Å². The minimum absolute atomic E-state index is 0.113. The fraction of sp³-hybridized carbons (Fsp3) is 0.360. The summed E-state index contributed by atoms with van der Waals surface area (Å²) in [5.74, 6) is 2.78. The zero-order valence-corrected chi connectivity index (χ0v) is 19.2. The highest BCUT2D eigenvalue weighted by Gasteiger charge is 2.22. The van der Waals surface area contributed by atoms with Gasteiger partial charge in [0.25, 0.3) is 0 Å². The SMILES string of the molecule is COc1ccc(-n2nc(C)c(CCC(=O)N3CCOCC3)c2Oc2cccc(OC)c2)cc1. The minimum atomic E-state index is 0.113. The average Bonchev–Trinajstić information content (AvgIpc) is 3.17. The molecule has 2 aromatic carbocycles. The van der Waals surface area contributed by atoms with Gasteiger partial charge < -0.3 is 23.8 Å². The Kier molecular flexibility index (Phi) is 7.14. The van der Waals surface area contributed by atoms with E-state index in [9.17, 15) is 4.79 Å². The second-order valence-electron chi connectivity index (χ2n) is 7.75. The monoisotopic (exact) mass is 451 g/mol. The van der Waals surface area contributed by atoms with Gasteiger partial charge in [0.2, 0.25) is 11.8 Å². The lowest BCUT2D eigenvalue weighted by Gasteiger charge is -2.26. The van der Waals surface area contributed by atoms with Crippen molar-refractivity contribution in [3.8, 4) is 28.8 Å². The first-order valence-electron chi connectivity index (χ1n) is 11.0. The summed E-state index contributed by atoms with van der Waals surface area (Å²) in [6, 6.07) is 15.0. The van der Waals surface area contributed by atoms with Crippen molar-refractivity contribution in [2.45, 2.75) is 19.8 Å². The van der Waals surface area contributed by atoms with Gasteiger partial charge in [-0.15, -0.1) is 0 Å². The lowest BCUT2D eigenvalue weighted by Crippen LogP contribution is -2.40. The van der Waals surface area contributed by atoms with Gasteiger partial charge in [0.05, 0.1) is 38.8 Å². The second kappa shape index (κ2) is 10.4. The molecule has 0 spiro atoms. The summed E-state index contributed by atoms with van der Waals surface area (Å²) in [5, 5.41) is 4.74. The van der Waals surface area contributed by atoms with Crippen LogP contribution in [0.4, 0.5) is 0 Å². The molecule has 8 heteroatoms. The van der Waals surface area contributed by atoms with E-state index >= 15 is 0 Å². The molecule has 1 fully saturated rings. The molecule has 0 N–H and O–H groups in total. The van der Waals surface area contributed by atoms with Crippen molar-refractivity contribution in [2.75, 3.05) is 40.5 Å². The molecule has 1 aliphatic rings. The van der Waals surface area contributed by atoms with Crippen LogP contribution >= 0.6 is 0 Å². The Morgan fingerprint density at radius 3 is 2.39 bits per heavy atom. The van der Waals surface area contributed by atoms with E-state index in [1.54, 1.807) is 18.9 Å². The predicted molar refractivity (Wildman–Crippen MR) is 124 cm³/mol. The first-order valence-corrected chi connectivity index (χ1v) is 11.0. The normalized spacial score (nSPS) is 13.6. The summed E-state index contributed by atoms with van der Waals surface area (Å²) < 4.78 is 24.1. The summed E-state index contributed by atoms with van der Waals surface area (Å²) in [5.41, 5.74) is 2.55. The lowest BCUT2D eigenvalue weighted by molar-refractivity contribution is -0.135. The molecule has 1 amide bonds. The number of carbonyl (C=O) groups excluding carboxylic acids is 1. The minimum Gasteiger partial charge on any atom is -0.497 e. The molecule has 3 aromatic rings. The van der Waals surface area contributed by atoms with Crippen molar-refractivity contribution in [2.24, 2.45) is 0 Å². The van der Waals surface area contributed by atoms with E-state index in [-0.39, 0.29) is 5.91 Å². The molecule has 4 rings (SSSR count). The Labute approximate surface area is 193 Å². The molecule has 0 unspecified atom stereocenters. The van der Waals surface area contributed by atoms with Crippen LogP contribution in [0.5, 0.6) is 23.1 Å². The highest BCUT2D eigenvalue weighted by atomic mass is 16.5. The number of methoxy groups -OCH3 is 2. The number of benzene rings is 2. The Morgan fingerprint density at radius 2 is 1.70 bits per heavy atom. The molecule has 174 valence electrons. The van der Waals surface area contributed by atoms with E-state index in [0.29, 0.717) is 56.5 Å². The van der Waals surface area contributed by atoms with Crippen LogP contribution in [0.25, 0.3) is 5.69 Å². The summed E-state index contributed by atoms with van der Waals surface area (Å²) in [4.78, 5) is 14.6. The van der Waals surface area contributed by atoms with E-state index in [4.69, 9.17) is 24.0 Å². The Bertz CT molecular complexity index is 1090. The summed E-state index contributed by atoms with van der Waals surface area (Å²) in [7, 11) is 3.25. The van der Waals surface area contributed by atoms with Crippen LogP contribution in [0.2, 0.25) is 0 Å². The number of morpholine rings is 1. The van der Waals surface area contributed by atoms with Crippen LogP contribution in [0.1, 0.15) is 17.7 Å². The van der Waals surface area contributed by atoms with Crippen LogP contribution in [0, 0.1) is 6.92 Å². The lowest BCUT2D eigenvalue weighted by atomic mass is 10.1. The highest BCUT2D eigenvalue weighted by molar-refractivity contribution is 5.76. The summed E-state index contributed by atoms with van der Waals surface area (Å²) >= 11 is 0. The van der Waals surface area contributed by atoms with Gasteiger partial charge in [0.15, 0.2) is 0 Å². The number of hydrogen-bond acceptors (Lipinski definition) is 6. The number of nitrogens with zero attached hydrogens (tertiary/aromatic N) is 3. The van der Waals surface area contributed by atoms with Crippen LogP contribution < -0.4 is 14.2 Å². The predicted octanol–water partition coefficient (Wildman–Crippen LogP) is 3.78. The van der Waals surface area contributed by atoms with Gasteiger partial charge >= 0.3 is 0 Å². The number of aromatic nitrogens is 2. The number of carbonyl (C=O) groups is 1. The third-order valence-corrected chi connectivity index (χ3v) is 5.66. The largest absolute Gasteiger partial charge is 0.497 e. The van der Waals surface area contributed by atoms with Gasteiger partial charge in [-0.1, -0.05) is 6.07 Å². The number of ether oxygens (including phenoxy) is 4.